The highest BCUT2D eigenvalue weighted by Crippen LogP contribution is 2.45. The van der Waals surface area contributed by atoms with Crippen molar-refractivity contribution < 1.29 is 41.4 Å². The predicted molar refractivity (Wildman–Crippen MR) is 39.4 cm³/mol. The third-order valence-electron chi connectivity index (χ3n) is 2.34. The Balaban J connectivity index is 3.14. The number of alkyl halides is 6. The monoisotopic (exact) mass is 267 g/mol. The van der Waals surface area contributed by atoms with Crippen LogP contribution in [-0.4, -0.2) is 39.8 Å². The molecule has 1 rings (SSSR count). The summed E-state index contributed by atoms with van der Waals surface area (Å²) < 4.78 is 73.8. The Morgan fingerprint density at radius 1 is 1.06 bits per heavy atom. The first-order valence-electron chi connectivity index (χ1n) is 4.20. The fraction of sp³-hybridized carbons (Fsp3) is 0.857. The van der Waals surface area contributed by atoms with Crippen LogP contribution in [0, 0.1) is 0 Å². The molecule has 1 heterocycles. The topological polar surface area (TPSA) is 69.6 Å². The maximum Gasteiger partial charge on any atom is 0.436 e. The lowest BCUT2D eigenvalue weighted by molar-refractivity contribution is -0.330. The van der Waals surface area contributed by atoms with Gasteiger partial charge in [-0.25, -0.2) is 0 Å². The zero-order valence-corrected chi connectivity index (χ0v) is 7.98. The quantitative estimate of drug-likeness (QED) is 0.558. The van der Waals surface area contributed by atoms with Crippen LogP contribution in [-0.2, 0) is 4.79 Å². The Hall–Kier alpha value is -1.03. The standard InChI is InChI=1S/C7H7F6NO3/c8-6(9,10)4(16)1-3(15)14-5(17,2-4)7(11,12)13/h16-17H,1-2H2,(H,14,15). The first kappa shape index (κ1) is 14.0. The SMILES string of the molecule is O=C1CC(O)(C(F)(F)F)CC(O)(C(F)(F)F)N1. The number of amides is 1. The van der Waals surface area contributed by atoms with Crippen LogP contribution >= 0.6 is 0 Å². The molecule has 1 amide bonds. The summed E-state index contributed by atoms with van der Waals surface area (Å²) in [6.45, 7) is 0. The van der Waals surface area contributed by atoms with Crippen molar-refractivity contribution in [2.24, 2.45) is 0 Å². The minimum atomic E-state index is -5.53. The van der Waals surface area contributed by atoms with Crippen LogP contribution in [0.3, 0.4) is 0 Å². The van der Waals surface area contributed by atoms with Gasteiger partial charge in [0.05, 0.1) is 6.42 Å². The van der Waals surface area contributed by atoms with E-state index in [-0.39, 0.29) is 0 Å². The second-order valence-electron chi connectivity index (χ2n) is 3.79. The molecule has 0 aromatic rings. The van der Waals surface area contributed by atoms with Crippen molar-refractivity contribution in [2.75, 3.05) is 0 Å². The zero-order valence-electron chi connectivity index (χ0n) is 7.98. The summed E-state index contributed by atoms with van der Waals surface area (Å²) in [6, 6.07) is 0. The Labute approximate surface area is 90.2 Å². The Morgan fingerprint density at radius 2 is 1.53 bits per heavy atom. The van der Waals surface area contributed by atoms with E-state index in [1.807, 2.05) is 0 Å². The van der Waals surface area contributed by atoms with Gasteiger partial charge in [0.1, 0.15) is 0 Å². The molecule has 10 heteroatoms. The molecular formula is C7H7F6NO3. The molecular weight excluding hydrogens is 260 g/mol. The van der Waals surface area contributed by atoms with E-state index in [0.717, 1.165) is 5.32 Å². The number of hydrogen-bond acceptors (Lipinski definition) is 3. The predicted octanol–water partition coefficient (Wildman–Crippen LogP) is 0.441. The number of carbonyl (C=O) groups is 1. The fourth-order valence-corrected chi connectivity index (χ4v) is 1.44. The highest BCUT2D eigenvalue weighted by molar-refractivity contribution is 5.79. The summed E-state index contributed by atoms with van der Waals surface area (Å²) >= 11 is 0. The van der Waals surface area contributed by atoms with Crippen molar-refractivity contribution in [2.45, 2.75) is 36.5 Å². The van der Waals surface area contributed by atoms with E-state index < -0.39 is 42.4 Å². The lowest BCUT2D eigenvalue weighted by Gasteiger charge is -2.43. The molecule has 2 atom stereocenters. The summed E-state index contributed by atoms with van der Waals surface area (Å²) in [5.74, 6) is -1.74. The molecule has 0 aromatic heterocycles. The van der Waals surface area contributed by atoms with Crippen LogP contribution < -0.4 is 5.32 Å². The summed E-state index contributed by atoms with van der Waals surface area (Å²) in [7, 11) is 0. The molecule has 0 saturated carbocycles. The van der Waals surface area contributed by atoms with E-state index in [9.17, 15) is 31.1 Å². The molecule has 0 aliphatic carbocycles. The van der Waals surface area contributed by atoms with Gasteiger partial charge in [-0.3, -0.25) is 4.79 Å². The highest BCUT2D eigenvalue weighted by atomic mass is 19.4. The number of aliphatic hydroxyl groups is 2. The summed E-state index contributed by atoms with van der Waals surface area (Å²) in [6.07, 6.45) is -14.7. The van der Waals surface area contributed by atoms with Gasteiger partial charge in [-0.15, -0.1) is 0 Å². The first-order chi connectivity index (χ1) is 7.31. The Morgan fingerprint density at radius 3 is 1.88 bits per heavy atom. The van der Waals surface area contributed by atoms with E-state index >= 15 is 0 Å². The fourth-order valence-electron chi connectivity index (χ4n) is 1.44. The molecule has 1 fully saturated rings. The van der Waals surface area contributed by atoms with Crippen LogP contribution in [0.1, 0.15) is 12.8 Å². The second-order valence-corrected chi connectivity index (χ2v) is 3.79. The highest BCUT2D eigenvalue weighted by Gasteiger charge is 2.68. The molecule has 0 bridgehead atoms. The molecule has 3 N–H and O–H groups in total. The van der Waals surface area contributed by atoms with Gasteiger partial charge in [-0.1, -0.05) is 0 Å². The number of halogens is 6. The van der Waals surface area contributed by atoms with Gasteiger partial charge in [0.15, 0.2) is 5.60 Å². The van der Waals surface area contributed by atoms with Crippen molar-refractivity contribution in [3.63, 3.8) is 0 Å². The third-order valence-corrected chi connectivity index (χ3v) is 2.34. The largest absolute Gasteiger partial charge is 0.436 e. The number of carbonyl (C=O) groups excluding carboxylic acids is 1. The molecule has 2 unspecified atom stereocenters. The molecule has 17 heavy (non-hydrogen) atoms. The van der Waals surface area contributed by atoms with Gasteiger partial charge in [0.25, 0.3) is 0 Å². The number of hydrogen-bond donors (Lipinski definition) is 3. The van der Waals surface area contributed by atoms with Crippen LogP contribution in [0.25, 0.3) is 0 Å². The lowest BCUT2D eigenvalue weighted by Crippen LogP contribution is -2.69. The van der Waals surface area contributed by atoms with E-state index in [1.165, 1.54) is 0 Å². The molecule has 1 saturated heterocycles. The van der Waals surface area contributed by atoms with Gasteiger partial charge in [-0.2, -0.15) is 26.3 Å². The van der Waals surface area contributed by atoms with Gasteiger partial charge < -0.3 is 15.5 Å². The maximum atomic E-state index is 12.3. The smallest absolute Gasteiger partial charge is 0.380 e. The van der Waals surface area contributed by atoms with Crippen molar-refractivity contribution in [3.8, 4) is 0 Å². The zero-order chi connectivity index (χ0) is 13.7. The van der Waals surface area contributed by atoms with Crippen LogP contribution in [0.4, 0.5) is 26.3 Å². The normalized spacial score (nSPS) is 35.6. The van der Waals surface area contributed by atoms with Crippen molar-refractivity contribution in [1.82, 2.24) is 5.32 Å². The Kier molecular flexibility index (Phi) is 2.87. The first-order valence-corrected chi connectivity index (χ1v) is 4.20. The van der Waals surface area contributed by atoms with Crippen molar-refractivity contribution >= 4 is 5.91 Å². The van der Waals surface area contributed by atoms with Gasteiger partial charge in [0, 0.05) is 6.42 Å². The van der Waals surface area contributed by atoms with Crippen LogP contribution in [0.5, 0.6) is 0 Å². The number of piperidine rings is 1. The summed E-state index contributed by atoms with van der Waals surface area (Å²) in [5, 5.41) is 19.0. The van der Waals surface area contributed by atoms with Gasteiger partial charge in [0.2, 0.25) is 11.6 Å². The molecule has 4 nitrogen and oxygen atoms in total. The van der Waals surface area contributed by atoms with E-state index in [4.69, 9.17) is 10.2 Å². The molecule has 0 spiro atoms. The average molecular weight is 267 g/mol. The van der Waals surface area contributed by atoms with E-state index in [2.05, 4.69) is 0 Å². The molecule has 1 aliphatic heterocycles. The van der Waals surface area contributed by atoms with Gasteiger partial charge >= 0.3 is 12.4 Å². The van der Waals surface area contributed by atoms with Crippen molar-refractivity contribution in [1.29, 1.82) is 0 Å². The molecule has 100 valence electrons. The van der Waals surface area contributed by atoms with Gasteiger partial charge in [-0.05, 0) is 0 Å². The number of nitrogens with one attached hydrogen (secondary N) is 1. The van der Waals surface area contributed by atoms with Crippen molar-refractivity contribution in [3.05, 3.63) is 0 Å². The third kappa shape index (κ3) is 2.32. The minimum absolute atomic E-state index is 0.992. The molecule has 0 radical (unpaired) electrons. The van der Waals surface area contributed by atoms with E-state index in [0.29, 0.717) is 0 Å². The summed E-state index contributed by atoms with van der Waals surface area (Å²) in [5.41, 5.74) is -7.99. The van der Waals surface area contributed by atoms with Crippen LogP contribution in [0.2, 0.25) is 0 Å². The Bertz CT molecular complexity index is 309. The van der Waals surface area contributed by atoms with E-state index in [1.54, 1.807) is 0 Å². The minimum Gasteiger partial charge on any atom is -0.380 e. The summed E-state index contributed by atoms with van der Waals surface area (Å²) in [4.78, 5) is 10.8. The average Bonchev–Trinajstić information content (AvgIpc) is 1.96. The molecule has 1 aliphatic rings. The second kappa shape index (κ2) is 3.48. The molecule has 0 aromatic carbocycles. The number of rotatable bonds is 0. The lowest BCUT2D eigenvalue weighted by atomic mass is 9.84. The maximum absolute atomic E-state index is 12.3. The van der Waals surface area contributed by atoms with Crippen LogP contribution in [0.15, 0.2) is 0 Å².